The third-order valence-electron chi connectivity index (χ3n) is 2.85. The van der Waals surface area contributed by atoms with Gasteiger partial charge in [-0.3, -0.25) is 0 Å². The van der Waals surface area contributed by atoms with Gasteiger partial charge in [-0.2, -0.15) is 0 Å². The van der Waals surface area contributed by atoms with E-state index in [9.17, 15) is 9.90 Å². The van der Waals surface area contributed by atoms with Crippen molar-refractivity contribution >= 4 is 27.4 Å². The Hall–Kier alpha value is -1.39. The zero-order valence-electron chi connectivity index (χ0n) is 11.5. The molecule has 0 saturated heterocycles. The van der Waals surface area contributed by atoms with Crippen LogP contribution in [0.4, 0.5) is 0 Å². The number of fused-ring (bicyclic) bond motifs is 1. The summed E-state index contributed by atoms with van der Waals surface area (Å²) in [7, 11) is 0. The van der Waals surface area contributed by atoms with Gasteiger partial charge in [0.15, 0.2) is 0 Å². The van der Waals surface area contributed by atoms with Crippen molar-refractivity contribution < 1.29 is 9.90 Å². The van der Waals surface area contributed by atoms with Crippen molar-refractivity contribution in [2.24, 2.45) is 5.41 Å². The van der Waals surface area contributed by atoms with Gasteiger partial charge in [-0.25, -0.2) is 4.79 Å². The summed E-state index contributed by atoms with van der Waals surface area (Å²) in [6.45, 7) is 7.93. The number of thiophene rings is 1. The molecule has 0 unspecified atom stereocenters. The van der Waals surface area contributed by atoms with Gasteiger partial charge in [-0.15, -0.1) is 11.3 Å². The Labute approximate surface area is 117 Å². The quantitative estimate of drug-likeness (QED) is 0.895. The van der Waals surface area contributed by atoms with Crippen LogP contribution < -0.4 is 5.32 Å². The summed E-state index contributed by atoms with van der Waals surface area (Å²) >= 11 is 1.35. The van der Waals surface area contributed by atoms with E-state index in [1.165, 1.54) is 11.3 Å². The largest absolute Gasteiger partial charge is 0.477 e. The van der Waals surface area contributed by atoms with Crippen LogP contribution in [0.5, 0.6) is 0 Å². The molecule has 3 nitrogen and oxygen atoms in total. The molecule has 2 rings (SSSR count). The highest BCUT2D eigenvalue weighted by Crippen LogP contribution is 2.31. The van der Waals surface area contributed by atoms with Crippen molar-refractivity contribution in [1.29, 1.82) is 0 Å². The van der Waals surface area contributed by atoms with Gasteiger partial charge in [0.2, 0.25) is 0 Å². The molecule has 0 saturated carbocycles. The number of hydrogen-bond acceptors (Lipinski definition) is 3. The van der Waals surface area contributed by atoms with Crippen LogP contribution in [-0.2, 0) is 6.54 Å². The fraction of sp³-hybridized carbons (Fsp3) is 0.400. The predicted molar refractivity (Wildman–Crippen MR) is 79.9 cm³/mol. The number of hydrogen-bond donors (Lipinski definition) is 2. The minimum Gasteiger partial charge on any atom is -0.477 e. The van der Waals surface area contributed by atoms with Crippen molar-refractivity contribution in [1.82, 2.24) is 5.32 Å². The van der Waals surface area contributed by atoms with Crippen LogP contribution in [0, 0.1) is 5.41 Å². The zero-order valence-corrected chi connectivity index (χ0v) is 12.3. The number of nitrogens with one attached hydrogen (secondary N) is 1. The molecule has 0 radical (unpaired) electrons. The summed E-state index contributed by atoms with van der Waals surface area (Å²) in [5.74, 6) is -0.839. The van der Waals surface area contributed by atoms with E-state index in [-0.39, 0.29) is 5.41 Å². The van der Waals surface area contributed by atoms with Crippen LogP contribution >= 0.6 is 11.3 Å². The Kier molecular flexibility index (Phi) is 3.92. The maximum Gasteiger partial charge on any atom is 0.346 e. The average Bonchev–Trinajstić information content (AvgIpc) is 2.67. The highest BCUT2D eigenvalue weighted by Gasteiger charge is 2.18. The summed E-state index contributed by atoms with van der Waals surface area (Å²) < 4.78 is 1.03. The lowest BCUT2D eigenvalue weighted by Crippen LogP contribution is -2.26. The molecule has 4 heteroatoms. The van der Waals surface area contributed by atoms with Crippen molar-refractivity contribution in [3.05, 3.63) is 34.7 Å². The van der Waals surface area contributed by atoms with Crippen LogP contribution in [-0.4, -0.2) is 17.6 Å². The molecule has 1 aromatic heterocycles. The average molecular weight is 277 g/mol. The molecule has 1 aromatic carbocycles. The smallest absolute Gasteiger partial charge is 0.346 e. The third-order valence-corrected chi connectivity index (χ3v) is 4.05. The van der Waals surface area contributed by atoms with Crippen LogP contribution in [0.1, 0.15) is 36.0 Å². The molecule has 0 amide bonds. The van der Waals surface area contributed by atoms with E-state index in [1.807, 2.05) is 24.3 Å². The number of aromatic carboxylic acids is 1. The first-order valence-electron chi connectivity index (χ1n) is 6.33. The number of benzene rings is 1. The van der Waals surface area contributed by atoms with Crippen LogP contribution in [0.15, 0.2) is 24.3 Å². The van der Waals surface area contributed by atoms with Crippen molar-refractivity contribution in [3.63, 3.8) is 0 Å². The highest BCUT2D eigenvalue weighted by atomic mass is 32.1. The Morgan fingerprint density at radius 2 is 2.00 bits per heavy atom. The lowest BCUT2D eigenvalue weighted by molar-refractivity contribution is 0.0701. The van der Waals surface area contributed by atoms with E-state index in [1.54, 1.807) is 0 Å². The molecule has 0 spiro atoms. The number of rotatable bonds is 4. The summed E-state index contributed by atoms with van der Waals surface area (Å²) in [6, 6.07) is 7.86. The molecule has 0 aliphatic carbocycles. The number of carboxylic acid groups (broad SMARTS) is 1. The minimum atomic E-state index is -0.839. The van der Waals surface area contributed by atoms with E-state index in [2.05, 4.69) is 26.1 Å². The molecule has 102 valence electrons. The third kappa shape index (κ3) is 3.33. The van der Waals surface area contributed by atoms with Gasteiger partial charge in [-0.1, -0.05) is 39.0 Å². The summed E-state index contributed by atoms with van der Waals surface area (Å²) in [5, 5.41) is 13.7. The lowest BCUT2D eigenvalue weighted by Gasteiger charge is -2.18. The van der Waals surface area contributed by atoms with E-state index in [4.69, 9.17) is 0 Å². The monoisotopic (exact) mass is 277 g/mol. The number of carbonyl (C=O) groups is 1. The fourth-order valence-corrected chi connectivity index (χ4v) is 3.07. The summed E-state index contributed by atoms with van der Waals surface area (Å²) in [6.07, 6.45) is 0. The second-order valence-electron chi connectivity index (χ2n) is 5.88. The van der Waals surface area contributed by atoms with E-state index >= 15 is 0 Å². The van der Waals surface area contributed by atoms with Gasteiger partial charge in [0.25, 0.3) is 0 Å². The van der Waals surface area contributed by atoms with Gasteiger partial charge in [0.05, 0.1) is 0 Å². The summed E-state index contributed by atoms with van der Waals surface area (Å²) in [5.41, 5.74) is 1.09. The molecule has 19 heavy (non-hydrogen) atoms. The Balaban J connectivity index is 2.29. The zero-order chi connectivity index (χ0) is 14.0. The van der Waals surface area contributed by atoms with Gasteiger partial charge < -0.3 is 10.4 Å². The molecule has 0 aliphatic rings. The van der Waals surface area contributed by atoms with Crippen molar-refractivity contribution in [2.75, 3.05) is 6.54 Å². The molecule has 0 aliphatic heterocycles. The van der Waals surface area contributed by atoms with Gasteiger partial charge >= 0.3 is 5.97 Å². The van der Waals surface area contributed by atoms with Gasteiger partial charge in [-0.05, 0) is 22.4 Å². The maximum absolute atomic E-state index is 11.3. The first-order chi connectivity index (χ1) is 8.88. The topological polar surface area (TPSA) is 49.3 Å². The first kappa shape index (κ1) is 14.0. The highest BCUT2D eigenvalue weighted by molar-refractivity contribution is 7.21. The van der Waals surface area contributed by atoms with E-state index in [0.29, 0.717) is 11.4 Å². The fourth-order valence-electron chi connectivity index (χ4n) is 2.01. The first-order valence-corrected chi connectivity index (χ1v) is 7.14. The maximum atomic E-state index is 11.3. The molecule has 0 atom stereocenters. The van der Waals surface area contributed by atoms with Crippen LogP contribution in [0.3, 0.4) is 0 Å². The standard InChI is InChI=1S/C15H19NO2S/c1-15(2,3)9-16-8-11-10-6-4-5-7-12(10)19-13(11)14(17)18/h4-7,16H,8-9H2,1-3H3,(H,17,18). The van der Waals surface area contributed by atoms with Crippen LogP contribution in [0.25, 0.3) is 10.1 Å². The molecule has 2 N–H and O–H groups in total. The van der Waals surface area contributed by atoms with Gasteiger partial charge in [0, 0.05) is 17.8 Å². The molecule has 1 heterocycles. The Morgan fingerprint density at radius 1 is 1.32 bits per heavy atom. The Morgan fingerprint density at radius 3 is 2.63 bits per heavy atom. The van der Waals surface area contributed by atoms with Crippen LogP contribution in [0.2, 0.25) is 0 Å². The van der Waals surface area contributed by atoms with E-state index in [0.717, 1.165) is 22.2 Å². The predicted octanol–water partition coefficient (Wildman–Crippen LogP) is 3.74. The summed E-state index contributed by atoms with van der Waals surface area (Å²) in [4.78, 5) is 11.8. The Bertz CT molecular complexity index is 596. The van der Waals surface area contributed by atoms with Gasteiger partial charge in [0.1, 0.15) is 4.88 Å². The molecule has 0 bridgehead atoms. The van der Waals surface area contributed by atoms with Crippen molar-refractivity contribution in [2.45, 2.75) is 27.3 Å². The molecule has 0 fully saturated rings. The second-order valence-corrected chi connectivity index (χ2v) is 6.93. The lowest BCUT2D eigenvalue weighted by atomic mass is 9.97. The van der Waals surface area contributed by atoms with Crippen molar-refractivity contribution in [3.8, 4) is 0 Å². The molecule has 2 aromatic rings. The van der Waals surface area contributed by atoms with E-state index < -0.39 is 5.97 Å². The SMILES string of the molecule is CC(C)(C)CNCc1c(C(=O)O)sc2ccccc12. The molecular formula is C15H19NO2S. The normalized spacial score (nSPS) is 11.9. The minimum absolute atomic E-state index is 0.190. The molecular weight excluding hydrogens is 258 g/mol. The number of carboxylic acids is 1. The second kappa shape index (κ2) is 5.31.